The van der Waals surface area contributed by atoms with E-state index in [2.05, 4.69) is 21.8 Å². The van der Waals surface area contributed by atoms with Crippen molar-refractivity contribution in [3.05, 3.63) is 40.8 Å². The first-order chi connectivity index (χ1) is 10.3. The Morgan fingerprint density at radius 1 is 1.45 bits per heavy atom. The minimum Gasteiger partial charge on any atom is -0.280 e. The van der Waals surface area contributed by atoms with Gasteiger partial charge in [-0.25, -0.2) is 12.8 Å². The highest BCUT2D eigenvalue weighted by Gasteiger charge is 2.24. The second-order valence-electron chi connectivity index (χ2n) is 5.05. The first kappa shape index (κ1) is 16.8. The zero-order chi connectivity index (χ0) is 16.3. The lowest BCUT2D eigenvalue weighted by atomic mass is 10.0. The van der Waals surface area contributed by atoms with Crippen molar-refractivity contribution in [1.29, 1.82) is 0 Å². The predicted molar refractivity (Wildman–Crippen MR) is 84.1 cm³/mol. The van der Waals surface area contributed by atoms with Gasteiger partial charge in [0.1, 0.15) is 10.7 Å². The fourth-order valence-corrected chi connectivity index (χ4v) is 3.76. The number of benzene rings is 1. The van der Waals surface area contributed by atoms with E-state index in [1.807, 2.05) is 6.92 Å². The number of aromatic nitrogens is 2. The van der Waals surface area contributed by atoms with E-state index in [9.17, 15) is 12.8 Å². The van der Waals surface area contributed by atoms with Crippen molar-refractivity contribution in [1.82, 2.24) is 10.2 Å². The topological polar surface area (TPSA) is 74.8 Å². The molecule has 0 saturated carbocycles. The van der Waals surface area contributed by atoms with Crippen LogP contribution in [0.3, 0.4) is 0 Å². The average Bonchev–Trinajstić information content (AvgIpc) is 2.86. The number of halogens is 2. The Kier molecular flexibility index (Phi) is 5.08. The summed E-state index contributed by atoms with van der Waals surface area (Å²) in [4.78, 5) is -0.581. The highest BCUT2D eigenvalue weighted by molar-refractivity contribution is 7.92. The number of anilines is 1. The molecule has 22 heavy (non-hydrogen) atoms. The molecular weight excluding hydrogens is 329 g/mol. The standard InChI is InChI=1S/C14H17ClFN3O2S/c1-3-5-9(2)12-8-13(18-17-12)19-22(20,21)14-10(15)6-4-7-11(14)16/h4,6-9H,3,5H2,1-2H3,(H2,17,18,19)/t9-/m0/s1. The zero-order valence-electron chi connectivity index (χ0n) is 12.2. The Hall–Kier alpha value is -1.60. The van der Waals surface area contributed by atoms with Crippen molar-refractivity contribution in [2.45, 2.75) is 37.5 Å². The van der Waals surface area contributed by atoms with E-state index >= 15 is 0 Å². The Bertz CT molecular complexity index is 741. The van der Waals surface area contributed by atoms with Crippen molar-refractivity contribution in [3.8, 4) is 0 Å². The van der Waals surface area contributed by atoms with Gasteiger partial charge in [0.05, 0.1) is 5.02 Å². The van der Waals surface area contributed by atoms with Gasteiger partial charge in [-0.1, -0.05) is 37.9 Å². The van der Waals surface area contributed by atoms with Crippen LogP contribution in [0.25, 0.3) is 0 Å². The number of rotatable bonds is 6. The normalized spacial score (nSPS) is 13.1. The molecule has 2 rings (SSSR count). The summed E-state index contributed by atoms with van der Waals surface area (Å²) in [6.07, 6.45) is 1.96. The van der Waals surface area contributed by atoms with Crippen molar-refractivity contribution in [2.75, 3.05) is 4.72 Å². The summed E-state index contributed by atoms with van der Waals surface area (Å²) < 4.78 is 40.5. The van der Waals surface area contributed by atoms with E-state index in [4.69, 9.17) is 11.6 Å². The van der Waals surface area contributed by atoms with Gasteiger partial charge in [-0.15, -0.1) is 0 Å². The molecule has 0 fully saturated rings. The number of hydrogen-bond donors (Lipinski definition) is 2. The molecule has 5 nitrogen and oxygen atoms in total. The molecule has 1 aromatic carbocycles. The fraction of sp³-hybridized carbons (Fsp3) is 0.357. The summed E-state index contributed by atoms with van der Waals surface area (Å²) in [5.41, 5.74) is 0.819. The molecule has 2 aromatic rings. The molecular formula is C14H17ClFN3O2S. The van der Waals surface area contributed by atoms with Crippen LogP contribution in [0.4, 0.5) is 10.2 Å². The van der Waals surface area contributed by atoms with Crippen LogP contribution in [0.5, 0.6) is 0 Å². The molecule has 0 bridgehead atoms. The highest BCUT2D eigenvalue weighted by Crippen LogP contribution is 2.27. The minimum atomic E-state index is -4.14. The molecule has 0 aliphatic rings. The Balaban J connectivity index is 2.26. The zero-order valence-corrected chi connectivity index (χ0v) is 13.8. The van der Waals surface area contributed by atoms with Gasteiger partial charge in [-0.3, -0.25) is 9.82 Å². The van der Waals surface area contributed by atoms with Crippen molar-refractivity contribution >= 4 is 27.4 Å². The van der Waals surface area contributed by atoms with E-state index in [1.54, 1.807) is 6.07 Å². The van der Waals surface area contributed by atoms with E-state index in [1.165, 1.54) is 12.1 Å². The van der Waals surface area contributed by atoms with Gasteiger partial charge in [0.25, 0.3) is 10.0 Å². The number of H-pyrrole nitrogens is 1. The van der Waals surface area contributed by atoms with Gasteiger partial charge in [0, 0.05) is 11.8 Å². The SMILES string of the molecule is CCC[C@H](C)c1cc(NS(=O)(=O)c2c(F)cccc2Cl)n[nH]1. The molecule has 1 atom stereocenters. The highest BCUT2D eigenvalue weighted by atomic mass is 35.5. The molecule has 8 heteroatoms. The maximum absolute atomic E-state index is 13.8. The van der Waals surface area contributed by atoms with Gasteiger partial charge in [0.2, 0.25) is 0 Å². The van der Waals surface area contributed by atoms with Crippen LogP contribution in [0.2, 0.25) is 5.02 Å². The summed E-state index contributed by atoms with van der Waals surface area (Å²) in [6, 6.07) is 5.31. The van der Waals surface area contributed by atoms with Gasteiger partial charge in [-0.05, 0) is 24.5 Å². The first-order valence-electron chi connectivity index (χ1n) is 6.87. The van der Waals surface area contributed by atoms with Crippen molar-refractivity contribution in [2.24, 2.45) is 0 Å². The lowest BCUT2D eigenvalue weighted by Gasteiger charge is -2.08. The van der Waals surface area contributed by atoms with Crippen molar-refractivity contribution in [3.63, 3.8) is 0 Å². The summed E-state index contributed by atoms with van der Waals surface area (Å²) in [5, 5.41) is 6.52. The molecule has 0 saturated heterocycles. The second kappa shape index (κ2) is 6.66. The maximum Gasteiger partial charge on any atom is 0.267 e. The number of nitrogens with zero attached hydrogens (tertiary/aromatic N) is 1. The third-order valence-corrected chi connectivity index (χ3v) is 5.13. The molecule has 0 spiro atoms. The molecule has 120 valence electrons. The number of aromatic amines is 1. The number of nitrogens with one attached hydrogen (secondary N) is 2. The fourth-order valence-electron chi connectivity index (χ4n) is 2.16. The summed E-state index contributed by atoms with van der Waals surface area (Å²) in [6.45, 7) is 4.08. The van der Waals surface area contributed by atoms with Crippen LogP contribution in [0.15, 0.2) is 29.2 Å². The Morgan fingerprint density at radius 3 is 2.82 bits per heavy atom. The molecule has 0 unspecified atom stereocenters. The lowest BCUT2D eigenvalue weighted by molar-refractivity contribution is 0.570. The number of sulfonamides is 1. The maximum atomic E-state index is 13.8. The minimum absolute atomic E-state index is 0.109. The Labute approximate surface area is 133 Å². The third kappa shape index (κ3) is 3.59. The number of hydrogen-bond acceptors (Lipinski definition) is 3. The molecule has 1 heterocycles. The second-order valence-corrected chi connectivity index (χ2v) is 7.08. The molecule has 2 N–H and O–H groups in total. The first-order valence-corrected chi connectivity index (χ1v) is 8.73. The molecule has 0 radical (unpaired) electrons. The monoisotopic (exact) mass is 345 g/mol. The van der Waals surface area contributed by atoms with E-state index in [0.29, 0.717) is 0 Å². The van der Waals surface area contributed by atoms with Crippen LogP contribution in [0, 0.1) is 5.82 Å². The van der Waals surface area contributed by atoms with Crippen LogP contribution in [0.1, 0.15) is 38.3 Å². The summed E-state index contributed by atoms with van der Waals surface area (Å²) >= 11 is 5.79. The molecule has 0 aliphatic carbocycles. The van der Waals surface area contributed by atoms with Gasteiger partial charge in [0.15, 0.2) is 5.82 Å². The van der Waals surface area contributed by atoms with Crippen molar-refractivity contribution < 1.29 is 12.8 Å². The van der Waals surface area contributed by atoms with Gasteiger partial charge < -0.3 is 0 Å². The van der Waals surface area contributed by atoms with Gasteiger partial charge in [-0.2, -0.15) is 5.10 Å². The smallest absolute Gasteiger partial charge is 0.267 e. The average molecular weight is 346 g/mol. The van der Waals surface area contributed by atoms with Crippen LogP contribution in [-0.2, 0) is 10.0 Å². The summed E-state index contributed by atoms with van der Waals surface area (Å²) in [5.74, 6) is -0.569. The predicted octanol–water partition coefficient (Wildman–Crippen LogP) is 3.91. The third-order valence-electron chi connectivity index (χ3n) is 3.28. The molecule has 0 aliphatic heterocycles. The largest absolute Gasteiger partial charge is 0.280 e. The van der Waals surface area contributed by atoms with E-state index in [-0.39, 0.29) is 16.8 Å². The Morgan fingerprint density at radius 2 is 2.18 bits per heavy atom. The van der Waals surface area contributed by atoms with E-state index in [0.717, 1.165) is 24.6 Å². The summed E-state index contributed by atoms with van der Waals surface area (Å²) in [7, 11) is -4.14. The quantitative estimate of drug-likeness (QED) is 0.833. The van der Waals surface area contributed by atoms with E-state index < -0.39 is 20.7 Å². The van der Waals surface area contributed by atoms with Gasteiger partial charge >= 0.3 is 0 Å². The van der Waals surface area contributed by atoms with Crippen LogP contribution < -0.4 is 4.72 Å². The van der Waals surface area contributed by atoms with Crippen LogP contribution >= 0.6 is 11.6 Å². The molecule has 1 aromatic heterocycles. The van der Waals surface area contributed by atoms with Crippen LogP contribution in [-0.4, -0.2) is 18.6 Å². The molecule has 0 amide bonds. The lowest BCUT2D eigenvalue weighted by Crippen LogP contribution is -2.15.